The zero-order valence-corrected chi connectivity index (χ0v) is 13.5. The van der Waals surface area contributed by atoms with Gasteiger partial charge in [-0.25, -0.2) is 4.68 Å². The number of nitrogens with one attached hydrogen (secondary N) is 2. The van der Waals surface area contributed by atoms with Crippen LogP contribution in [0.15, 0.2) is 11.0 Å². The fourth-order valence-electron chi connectivity index (χ4n) is 2.40. The number of aromatic nitrogens is 2. The molecule has 1 aromatic heterocycles. The van der Waals surface area contributed by atoms with Gasteiger partial charge < -0.3 is 15.5 Å². The third-order valence-corrected chi connectivity index (χ3v) is 4.04. The molecule has 1 atom stereocenters. The van der Waals surface area contributed by atoms with Crippen LogP contribution in [0.5, 0.6) is 0 Å². The van der Waals surface area contributed by atoms with Crippen molar-refractivity contribution < 1.29 is 0 Å². The largest absolute Gasteiger partial charge is 0.380 e. The Bertz CT molecular complexity index is 509. The van der Waals surface area contributed by atoms with Gasteiger partial charge in [-0.1, -0.05) is 11.6 Å². The first kappa shape index (κ1) is 16.3. The Balaban J connectivity index is 2.07. The van der Waals surface area contributed by atoms with E-state index in [1.807, 2.05) is 19.0 Å². The van der Waals surface area contributed by atoms with Gasteiger partial charge in [0.25, 0.3) is 5.56 Å². The first-order chi connectivity index (χ1) is 10.1. The summed E-state index contributed by atoms with van der Waals surface area (Å²) in [7, 11) is 3.92. The molecule has 2 heterocycles. The van der Waals surface area contributed by atoms with E-state index < -0.39 is 0 Å². The van der Waals surface area contributed by atoms with Crippen LogP contribution in [0, 0.1) is 0 Å². The van der Waals surface area contributed by atoms with Crippen molar-refractivity contribution in [2.45, 2.75) is 31.8 Å². The van der Waals surface area contributed by atoms with Crippen molar-refractivity contribution in [3.8, 4) is 0 Å². The Morgan fingerprint density at radius 2 is 2.29 bits per heavy atom. The Morgan fingerprint density at radius 3 is 3.05 bits per heavy atom. The van der Waals surface area contributed by atoms with E-state index in [0.717, 1.165) is 38.9 Å². The quantitative estimate of drug-likeness (QED) is 0.849. The van der Waals surface area contributed by atoms with E-state index in [1.165, 1.54) is 4.68 Å². The van der Waals surface area contributed by atoms with Gasteiger partial charge in [0.1, 0.15) is 5.02 Å². The molecule has 7 heteroatoms. The lowest BCUT2D eigenvalue weighted by atomic mass is 10.1. The molecule has 1 saturated heterocycles. The summed E-state index contributed by atoms with van der Waals surface area (Å²) in [6.07, 6.45) is 4.90. The van der Waals surface area contributed by atoms with Gasteiger partial charge in [0.2, 0.25) is 0 Å². The van der Waals surface area contributed by atoms with Crippen LogP contribution in [0.1, 0.15) is 19.3 Å². The molecule has 0 saturated carbocycles. The van der Waals surface area contributed by atoms with Crippen LogP contribution in [0.4, 0.5) is 5.69 Å². The van der Waals surface area contributed by atoms with Gasteiger partial charge in [-0.05, 0) is 46.4 Å². The summed E-state index contributed by atoms with van der Waals surface area (Å²) in [5.74, 6) is 0. The molecule has 1 aromatic rings. The molecule has 0 radical (unpaired) electrons. The molecular weight excluding hydrogens is 290 g/mol. The van der Waals surface area contributed by atoms with Crippen molar-refractivity contribution in [3.05, 3.63) is 21.6 Å². The molecule has 0 bridgehead atoms. The van der Waals surface area contributed by atoms with Gasteiger partial charge in [-0.15, -0.1) is 0 Å². The van der Waals surface area contributed by atoms with E-state index in [9.17, 15) is 4.79 Å². The minimum absolute atomic E-state index is 0.227. The van der Waals surface area contributed by atoms with Crippen molar-refractivity contribution in [3.63, 3.8) is 0 Å². The Morgan fingerprint density at radius 1 is 1.48 bits per heavy atom. The van der Waals surface area contributed by atoms with E-state index in [1.54, 1.807) is 6.20 Å². The second-order valence-corrected chi connectivity index (χ2v) is 6.10. The Hall–Kier alpha value is -1.11. The maximum atomic E-state index is 12.2. The van der Waals surface area contributed by atoms with Gasteiger partial charge in [-0.3, -0.25) is 4.79 Å². The Labute approximate surface area is 130 Å². The molecular formula is C14H24ClN5O. The van der Waals surface area contributed by atoms with Gasteiger partial charge >= 0.3 is 0 Å². The molecule has 0 amide bonds. The fourth-order valence-corrected chi connectivity index (χ4v) is 2.60. The number of halogens is 1. The highest BCUT2D eigenvalue weighted by Gasteiger charge is 2.15. The van der Waals surface area contributed by atoms with Crippen molar-refractivity contribution in [2.24, 2.45) is 0 Å². The van der Waals surface area contributed by atoms with Crippen LogP contribution < -0.4 is 16.2 Å². The van der Waals surface area contributed by atoms with Crippen LogP contribution in [0.3, 0.4) is 0 Å². The first-order valence-electron chi connectivity index (χ1n) is 7.45. The summed E-state index contributed by atoms with van der Waals surface area (Å²) < 4.78 is 1.42. The number of anilines is 1. The molecule has 6 nitrogen and oxygen atoms in total. The SMILES string of the molecule is CN(C)CCn1ncc(NC2CCCNCC2)c(Cl)c1=O. The summed E-state index contributed by atoms with van der Waals surface area (Å²) >= 11 is 6.21. The molecule has 1 aliphatic heterocycles. The molecule has 0 aromatic carbocycles. The first-order valence-corrected chi connectivity index (χ1v) is 7.83. The van der Waals surface area contributed by atoms with Crippen molar-refractivity contribution in [1.29, 1.82) is 0 Å². The predicted molar refractivity (Wildman–Crippen MR) is 86.2 cm³/mol. The van der Waals surface area contributed by atoms with Crippen LogP contribution in [0.2, 0.25) is 5.02 Å². The van der Waals surface area contributed by atoms with Gasteiger partial charge in [-0.2, -0.15) is 5.10 Å². The van der Waals surface area contributed by atoms with E-state index in [-0.39, 0.29) is 10.6 Å². The topological polar surface area (TPSA) is 62.2 Å². The minimum atomic E-state index is -0.227. The van der Waals surface area contributed by atoms with Crippen LogP contribution in [-0.4, -0.2) is 54.5 Å². The van der Waals surface area contributed by atoms with E-state index in [0.29, 0.717) is 18.3 Å². The standard InChI is InChI=1S/C14H24ClN5O/c1-19(2)8-9-20-14(21)13(15)12(10-17-20)18-11-4-3-6-16-7-5-11/h10-11,16,18H,3-9H2,1-2H3. The summed E-state index contributed by atoms with van der Waals surface area (Å²) in [6.45, 7) is 3.34. The zero-order chi connectivity index (χ0) is 15.2. The number of rotatable bonds is 5. The second-order valence-electron chi connectivity index (χ2n) is 5.73. The molecule has 21 heavy (non-hydrogen) atoms. The maximum absolute atomic E-state index is 12.2. The lowest BCUT2D eigenvalue weighted by Gasteiger charge is -2.18. The molecule has 1 aliphatic rings. The lowest BCUT2D eigenvalue weighted by Crippen LogP contribution is -2.30. The monoisotopic (exact) mass is 313 g/mol. The molecule has 2 N–H and O–H groups in total. The Kier molecular flexibility index (Phi) is 6.02. The predicted octanol–water partition coefficient (Wildman–Crippen LogP) is 1.01. The average Bonchev–Trinajstić information content (AvgIpc) is 2.71. The number of hydrogen-bond donors (Lipinski definition) is 2. The summed E-state index contributed by atoms with van der Waals surface area (Å²) in [6, 6.07) is 0.344. The molecule has 118 valence electrons. The molecule has 2 rings (SSSR count). The van der Waals surface area contributed by atoms with Gasteiger partial charge in [0.05, 0.1) is 18.4 Å². The molecule has 1 unspecified atom stereocenters. The summed E-state index contributed by atoms with van der Waals surface area (Å²) in [5, 5.41) is 11.2. The molecule has 0 spiro atoms. The lowest BCUT2D eigenvalue weighted by molar-refractivity contribution is 0.367. The fraction of sp³-hybridized carbons (Fsp3) is 0.714. The normalized spacial score (nSPS) is 19.5. The number of hydrogen-bond acceptors (Lipinski definition) is 5. The van der Waals surface area contributed by atoms with Gasteiger partial charge in [0.15, 0.2) is 0 Å². The van der Waals surface area contributed by atoms with E-state index in [4.69, 9.17) is 11.6 Å². The van der Waals surface area contributed by atoms with Crippen molar-refractivity contribution >= 4 is 17.3 Å². The second kappa shape index (κ2) is 7.77. The highest BCUT2D eigenvalue weighted by atomic mass is 35.5. The third kappa shape index (κ3) is 4.69. The zero-order valence-electron chi connectivity index (χ0n) is 12.7. The maximum Gasteiger partial charge on any atom is 0.287 e. The van der Waals surface area contributed by atoms with Crippen LogP contribution >= 0.6 is 11.6 Å². The third-order valence-electron chi connectivity index (χ3n) is 3.68. The molecule has 0 aliphatic carbocycles. The molecule has 1 fully saturated rings. The average molecular weight is 314 g/mol. The van der Waals surface area contributed by atoms with E-state index >= 15 is 0 Å². The number of likely N-dealkylation sites (N-methyl/N-ethyl adjacent to an activating group) is 1. The van der Waals surface area contributed by atoms with Gasteiger partial charge in [0, 0.05) is 12.6 Å². The van der Waals surface area contributed by atoms with Crippen molar-refractivity contribution in [1.82, 2.24) is 20.0 Å². The number of nitrogens with zero attached hydrogens (tertiary/aromatic N) is 3. The summed E-state index contributed by atoms with van der Waals surface area (Å²) in [4.78, 5) is 14.2. The highest BCUT2D eigenvalue weighted by molar-refractivity contribution is 6.32. The van der Waals surface area contributed by atoms with Crippen molar-refractivity contribution in [2.75, 3.05) is 39.0 Å². The highest BCUT2D eigenvalue weighted by Crippen LogP contribution is 2.19. The van der Waals surface area contributed by atoms with E-state index in [2.05, 4.69) is 15.7 Å². The van der Waals surface area contributed by atoms with Crippen LogP contribution in [0.25, 0.3) is 0 Å². The summed E-state index contributed by atoms with van der Waals surface area (Å²) in [5.41, 5.74) is 0.421. The smallest absolute Gasteiger partial charge is 0.287 e. The minimum Gasteiger partial charge on any atom is -0.380 e. The van der Waals surface area contributed by atoms with Crippen LogP contribution in [-0.2, 0) is 6.54 Å².